The minimum atomic E-state index is -2.34. The lowest BCUT2D eigenvalue weighted by atomic mass is 10.0. The van der Waals surface area contributed by atoms with Crippen LogP contribution in [0.1, 0.15) is 24.5 Å². The number of nitrogens with zero attached hydrogens (tertiary/aromatic N) is 1. The first-order valence-corrected chi connectivity index (χ1v) is 5.48. The summed E-state index contributed by atoms with van der Waals surface area (Å²) < 4.78 is 24.9. The number of para-hydroxylation sites is 1. The van der Waals surface area contributed by atoms with Crippen LogP contribution < -0.4 is 4.90 Å². The fraction of sp³-hybridized carbons (Fsp3) is 0.500. The molecule has 1 unspecified atom stereocenters. The third-order valence-electron chi connectivity index (χ3n) is 2.90. The van der Waals surface area contributed by atoms with E-state index in [1.165, 1.54) is 0 Å². The highest BCUT2D eigenvalue weighted by Gasteiger charge is 2.22. The lowest BCUT2D eigenvalue weighted by Crippen LogP contribution is -2.29. The Labute approximate surface area is 93.5 Å². The zero-order chi connectivity index (χ0) is 11.5. The summed E-state index contributed by atoms with van der Waals surface area (Å²) in [5.41, 5.74) is 1.51. The second-order valence-electron chi connectivity index (χ2n) is 4.05. The van der Waals surface area contributed by atoms with Gasteiger partial charge in [-0.2, -0.15) is 0 Å². The highest BCUT2D eigenvalue weighted by molar-refractivity contribution is 5.55. The molecule has 4 heteroatoms. The molecule has 0 spiro atoms. The number of aliphatic hydroxyl groups excluding tert-OH is 1. The Morgan fingerprint density at radius 2 is 2.12 bits per heavy atom. The van der Waals surface area contributed by atoms with Crippen molar-refractivity contribution in [3.63, 3.8) is 0 Å². The van der Waals surface area contributed by atoms with Gasteiger partial charge >= 0.3 is 0 Å². The van der Waals surface area contributed by atoms with Gasteiger partial charge in [-0.25, -0.2) is 8.78 Å². The number of alkyl halides is 2. The smallest absolute Gasteiger partial charge is 0.255 e. The Morgan fingerprint density at radius 1 is 1.38 bits per heavy atom. The number of anilines is 1. The van der Waals surface area contributed by atoms with E-state index < -0.39 is 12.5 Å². The van der Waals surface area contributed by atoms with E-state index in [-0.39, 0.29) is 6.54 Å². The minimum absolute atomic E-state index is 0.260. The van der Waals surface area contributed by atoms with Gasteiger partial charge in [0.15, 0.2) is 0 Å². The third-order valence-corrected chi connectivity index (χ3v) is 2.90. The van der Waals surface area contributed by atoms with E-state index in [9.17, 15) is 13.9 Å². The summed E-state index contributed by atoms with van der Waals surface area (Å²) in [5, 5.41) is 9.88. The Kier molecular flexibility index (Phi) is 3.39. The maximum absolute atomic E-state index is 12.4. The topological polar surface area (TPSA) is 23.5 Å². The van der Waals surface area contributed by atoms with Crippen LogP contribution in [0.15, 0.2) is 24.3 Å². The Hall–Kier alpha value is -1.16. The fourth-order valence-corrected chi connectivity index (χ4v) is 2.16. The maximum Gasteiger partial charge on any atom is 0.255 e. The molecule has 0 saturated heterocycles. The van der Waals surface area contributed by atoms with Gasteiger partial charge in [0.25, 0.3) is 6.43 Å². The van der Waals surface area contributed by atoms with Crippen LogP contribution in [0.4, 0.5) is 14.5 Å². The number of halogens is 2. The minimum Gasteiger partial charge on any atom is -0.388 e. The van der Waals surface area contributed by atoms with Gasteiger partial charge in [0.2, 0.25) is 0 Å². The largest absolute Gasteiger partial charge is 0.388 e. The van der Waals surface area contributed by atoms with Crippen LogP contribution in [0.5, 0.6) is 0 Å². The quantitative estimate of drug-likeness (QED) is 0.839. The van der Waals surface area contributed by atoms with Gasteiger partial charge in [-0.05, 0) is 18.9 Å². The monoisotopic (exact) mass is 227 g/mol. The fourth-order valence-electron chi connectivity index (χ4n) is 2.16. The number of hydrogen-bond acceptors (Lipinski definition) is 2. The van der Waals surface area contributed by atoms with Crippen molar-refractivity contribution in [3.05, 3.63) is 29.8 Å². The standard InChI is InChI=1S/C12H15F2NO/c13-12(14)8-15-7-3-6-11(16)9-4-1-2-5-10(9)15/h1-2,4-5,11-12,16H,3,6-8H2. The maximum atomic E-state index is 12.4. The van der Waals surface area contributed by atoms with Crippen molar-refractivity contribution in [2.24, 2.45) is 0 Å². The van der Waals surface area contributed by atoms with Crippen molar-refractivity contribution < 1.29 is 13.9 Å². The SMILES string of the molecule is OC1CCCN(CC(F)F)c2ccccc21. The number of fused-ring (bicyclic) bond motifs is 1. The molecule has 16 heavy (non-hydrogen) atoms. The van der Waals surface area contributed by atoms with E-state index in [4.69, 9.17) is 0 Å². The number of benzene rings is 1. The van der Waals surface area contributed by atoms with E-state index >= 15 is 0 Å². The average molecular weight is 227 g/mol. The molecule has 0 aromatic heterocycles. The Bertz CT molecular complexity index is 357. The predicted molar refractivity (Wildman–Crippen MR) is 58.9 cm³/mol. The van der Waals surface area contributed by atoms with Crippen molar-refractivity contribution in [2.45, 2.75) is 25.4 Å². The molecule has 2 nitrogen and oxygen atoms in total. The highest BCUT2D eigenvalue weighted by atomic mass is 19.3. The van der Waals surface area contributed by atoms with Crippen LogP contribution in [0.3, 0.4) is 0 Å². The van der Waals surface area contributed by atoms with Gasteiger partial charge in [0.1, 0.15) is 0 Å². The van der Waals surface area contributed by atoms with Crippen molar-refractivity contribution >= 4 is 5.69 Å². The summed E-state index contributed by atoms with van der Waals surface area (Å²) in [6, 6.07) is 7.25. The van der Waals surface area contributed by atoms with Crippen LogP contribution in [-0.4, -0.2) is 24.6 Å². The summed E-state index contributed by atoms with van der Waals surface area (Å²) in [4.78, 5) is 1.66. The van der Waals surface area contributed by atoms with E-state index in [0.717, 1.165) is 17.7 Å². The average Bonchev–Trinajstić information content (AvgIpc) is 2.40. The van der Waals surface area contributed by atoms with Gasteiger partial charge in [-0.3, -0.25) is 0 Å². The molecule has 0 amide bonds. The van der Waals surface area contributed by atoms with Gasteiger partial charge in [0.05, 0.1) is 12.6 Å². The molecule has 2 rings (SSSR count). The molecule has 1 aromatic carbocycles. The summed E-state index contributed by atoms with van der Waals surface area (Å²) in [5.74, 6) is 0. The van der Waals surface area contributed by atoms with Crippen molar-refractivity contribution in [3.8, 4) is 0 Å². The highest BCUT2D eigenvalue weighted by Crippen LogP contribution is 2.32. The number of rotatable bonds is 2. The molecule has 1 aromatic rings. The second kappa shape index (κ2) is 4.78. The predicted octanol–water partition coefficient (Wildman–Crippen LogP) is 2.59. The van der Waals surface area contributed by atoms with Crippen LogP contribution >= 0.6 is 0 Å². The first-order chi connectivity index (χ1) is 7.68. The normalized spacial score (nSPS) is 20.8. The zero-order valence-corrected chi connectivity index (χ0v) is 8.94. The van der Waals surface area contributed by atoms with E-state index in [0.29, 0.717) is 13.0 Å². The molecule has 0 aliphatic carbocycles. The molecule has 1 aliphatic heterocycles. The van der Waals surface area contributed by atoms with E-state index in [1.54, 1.807) is 11.0 Å². The number of aliphatic hydroxyl groups is 1. The summed E-state index contributed by atoms with van der Waals surface area (Å²) in [6.45, 7) is 0.322. The van der Waals surface area contributed by atoms with Crippen LogP contribution in [-0.2, 0) is 0 Å². The first kappa shape index (κ1) is 11.3. The molecule has 1 N–H and O–H groups in total. The molecule has 0 fully saturated rings. The van der Waals surface area contributed by atoms with Crippen molar-refractivity contribution in [1.29, 1.82) is 0 Å². The molecule has 0 radical (unpaired) electrons. The molecule has 0 saturated carbocycles. The molecular formula is C12H15F2NO. The van der Waals surface area contributed by atoms with Gasteiger partial charge in [0, 0.05) is 17.8 Å². The van der Waals surface area contributed by atoms with Gasteiger partial charge in [-0.1, -0.05) is 18.2 Å². The van der Waals surface area contributed by atoms with Crippen molar-refractivity contribution in [1.82, 2.24) is 0 Å². The lowest BCUT2D eigenvalue weighted by molar-refractivity contribution is 0.154. The van der Waals surface area contributed by atoms with Gasteiger partial charge in [-0.15, -0.1) is 0 Å². The molecular weight excluding hydrogens is 212 g/mol. The van der Waals surface area contributed by atoms with Crippen LogP contribution in [0.2, 0.25) is 0 Å². The van der Waals surface area contributed by atoms with Crippen LogP contribution in [0, 0.1) is 0 Å². The molecule has 88 valence electrons. The summed E-state index contributed by atoms with van der Waals surface area (Å²) in [6.07, 6.45) is -1.50. The van der Waals surface area contributed by atoms with Gasteiger partial charge < -0.3 is 10.0 Å². The Morgan fingerprint density at radius 3 is 2.88 bits per heavy atom. The Balaban J connectivity index is 2.31. The number of hydrogen-bond donors (Lipinski definition) is 1. The summed E-state index contributed by atoms with van der Waals surface area (Å²) in [7, 11) is 0. The second-order valence-corrected chi connectivity index (χ2v) is 4.05. The van der Waals surface area contributed by atoms with E-state index in [1.807, 2.05) is 18.2 Å². The molecule has 1 atom stereocenters. The zero-order valence-electron chi connectivity index (χ0n) is 8.94. The third kappa shape index (κ3) is 2.32. The van der Waals surface area contributed by atoms with Crippen molar-refractivity contribution in [2.75, 3.05) is 18.0 Å². The molecule has 0 bridgehead atoms. The lowest BCUT2D eigenvalue weighted by Gasteiger charge is -2.24. The summed E-state index contributed by atoms with van der Waals surface area (Å²) >= 11 is 0. The molecule has 1 aliphatic rings. The first-order valence-electron chi connectivity index (χ1n) is 5.48. The van der Waals surface area contributed by atoms with E-state index in [2.05, 4.69) is 0 Å². The van der Waals surface area contributed by atoms with Crippen LogP contribution in [0.25, 0.3) is 0 Å². The molecule has 1 heterocycles.